The van der Waals surface area contributed by atoms with Gasteiger partial charge in [-0.05, 0) is 23.3 Å². The average Bonchev–Trinajstić information content (AvgIpc) is 2.46. The van der Waals surface area contributed by atoms with Crippen LogP contribution < -0.4 is 0 Å². The predicted molar refractivity (Wildman–Crippen MR) is 72.8 cm³/mol. The molecule has 0 radical (unpaired) electrons. The van der Waals surface area contributed by atoms with Crippen LogP contribution in [0, 0.1) is 17.9 Å². The van der Waals surface area contributed by atoms with Gasteiger partial charge in [0.05, 0.1) is 18.2 Å². The van der Waals surface area contributed by atoms with Crippen LogP contribution in [0.4, 0.5) is 5.69 Å². The van der Waals surface area contributed by atoms with E-state index < -0.39 is 0 Å². The Kier molecular flexibility index (Phi) is 3.54. The summed E-state index contributed by atoms with van der Waals surface area (Å²) in [5.41, 5.74) is 3.31. The van der Waals surface area contributed by atoms with E-state index in [9.17, 15) is 0 Å². The molecule has 2 aromatic rings. The van der Waals surface area contributed by atoms with Crippen molar-refractivity contribution in [3.8, 4) is 6.07 Å². The molecule has 0 aliphatic carbocycles. The van der Waals surface area contributed by atoms with E-state index in [-0.39, 0.29) is 0 Å². The van der Waals surface area contributed by atoms with Gasteiger partial charge in [0, 0.05) is 0 Å². The lowest BCUT2D eigenvalue weighted by atomic mass is 10.1. The zero-order chi connectivity index (χ0) is 12.8. The second-order valence-corrected chi connectivity index (χ2v) is 3.77. The second-order valence-electron chi connectivity index (χ2n) is 3.77. The lowest BCUT2D eigenvalue weighted by Gasteiger charge is -1.95. The number of rotatable bonds is 2. The minimum absolute atomic E-state index is 0.638. The SMILES string of the molecule is [C-]#[N+]c1ccc(C=Cc2cccc(C#N)c2)cc1. The third kappa shape index (κ3) is 2.84. The zero-order valence-corrected chi connectivity index (χ0v) is 9.67. The van der Waals surface area contributed by atoms with Crippen LogP contribution in [0.1, 0.15) is 16.7 Å². The summed E-state index contributed by atoms with van der Waals surface area (Å²) in [6.07, 6.45) is 3.91. The lowest BCUT2D eigenvalue weighted by molar-refractivity contribution is 1.48. The molecule has 2 rings (SSSR count). The van der Waals surface area contributed by atoms with Crippen molar-refractivity contribution < 1.29 is 0 Å². The van der Waals surface area contributed by atoms with Gasteiger partial charge in [0.15, 0.2) is 5.69 Å². The largest absolute Gasteiger partial charge is 0.238 e. The van der Waals surface area contributed by atoms with Crippen molar-refractivity contribution in [2.24, 2.45) is 0 Å². The van der Waals surface area contributed by atoms with Gasteiger partial charge in [0.25, 0.3) is 0 Å². The highest BCUT2D eigenvalue weighted by atomic mass is 14.6. The fourth-order valence-electron chi connectivity index (χ4n) is 1.56. The van der Waals surface area contributed by atoms with Crippen molar-refractivity contribution in [1.29, 1.82) is 5.26 Å². The van der Waals surface area contributed by atoms with Crippen LogP contribution in [-0.4, -0.2) is 0 Å². The van der Waals surface area contributed by atoms with Crippen LogP contribution in [0.25, 0.3) is 17.0 Å². The number of hydrogen-bond acceptors (Lipinski definition) is 1. The van der Waals surface area contributed by atoms with Crippen LogP contribution in [-0.2, 0) is 0 Å². The Morgan fingerprint density at radius 3 is 2.39 bits per heavy atom. The Labute approximate surface area is 106 Å². The molecule has 0 heterocycles. The number of nitrogens with zero attached hydrogens (tertiary/aromatic N) is 2. The third-order valence-electron chi connectivity index (χ3n) is 2.51. The summed E-state index contributed by atoms with van der Waals surface area (Å²) in [5, 5.41) is 8.80. The summed E-state index contributed by atoms with van der Waals surface area (Å²) in [6, 6.07) is 16.9. The van der Waals surface area contributed by atoms with E-state index in [0.29, 0.717) is 11.3 Å². The summed E-state index contributed by atoms with van der Waals surface area (Å²) in [7, 11) is 0. The summed E-state index contributed by atoms with van der Waals surface area (Å²) < 4.78 is 0. The van der Waals surface area contributed by atoms with Crippen LogP contribution in [0.15, 0.2) is 48.5 Å². The maximum Gasteiger partial charge on any atom is 0.187 e. The van der Waals surface area contributed by atoms with E-state index in [1.807, 2.05) is 42.5 Å². The number of nitriles is 1. The predicted octanol–water partition coefficient (Wildman–Crippen LogP) is 4.28. The molecule has 0 amide bonds. The number of benzene rings is 2. The zero-order valence-electron chi connectivity index (χ0n) is 9.67. The molecule has 0 fully saturated rings. The molecular weight excluding hydrogens is 220 g/mol. The fourth-order valence-corrected chi connectivity index (χ4v) is 1.56. The molecule has 0 saturated carbocycles. The molecule has 2 heteroatoms. The van der Waals surface area contributed by atoms with Crippen molar-refractivity contribution >= 4 is 17.8 Å². The van der Waals surface area contributed by atoms with Gasteiger partial charge in [0.1, 0.15) is 0 Å². The van der Waals surface area contributed by atoms with E-state index in [2.05, 4.69) is 10.9 Å². The minimum atomic E-state index is 0.638. The lowest BCUT2D eigenvalue weighted by Crippen LogP contribution is -1.76. The molecule has 2 nitrogen and oxygen atoms in total. The summed E-state index contributed by atoms with van der Waals surface area (Å²) in [5.74, 6) is 0. The molecule has 84 valence electrons. The average molecular weight is 230 g/mol. The van der Waals surface area contributed by atoms with Gasteiger partial charge in [0.2, 0.25) is 0 Å². The maximum absolute atomic E-state index is 8.80. The van der Waals surface area contributed by atoms with Crippen molar-refractivity contribution in [2.75, 3.05) is 0 Å². The van der Waals surface area contributed by atoms with Crippen molar-refractivity contribution in [3.63, 3.8) is 0 Å². The monoisotopic (exact) mass is 230 g/mol. The van der Waals surface area contributed by atoms with Gasteiger partial charge in [-0.1, -0.05) is 48.6 Å². The van der Waals surface area contributed by atoms with Crippen molar-refractivity contribution in [3.05, 3.63) is 76.6 Å². The van der Waals surface area contributed by atoms with E-state index in [0.717, 1.165) is 11.1 Å². The Balaban J connectivity index is 2.19. The quantitative estimate of drug-likeness (QED) is 0.559. The van der Waals surface area contributed by atoms with Crippen LogP contribution >= 0.6 is 0 Å². The standard InChI is InChI=1S/C16H10N2/c1-18-16-9-7-13(8-10-16)5-6-14-3-2-4-15(11-14)12-17/h2-11H. The molecule has 2 aromatic carbocycles. The molecule has 0 bridgehead atoms. The summed E-state index contributed by atoms with van der Waals surface area (Å²) >= 11 is 0. The Hall–Kier alpha value is -2.84. The highest BCUT2D eigenvalue weighted by Crippen LogP contribution is 2.15. The molecule has 0 aliphatic heterocycles. The van der Waals surface area contributed by atoms with Crippen LogP contribution in [0.3, 0.4) is 0 Å². The van der Waals surface area contributed by atoms with E-state index in [1.165, 1.54) is 0 Å². The summed E-state index contributed by atoms with van der Waals surface area (Å²) in [4.78, 5) is 3.34. The summed E-state index contributed by atoms with van der Waals surface area (Å²) in [6.45, 7) is 6.87. The second kappa shape index (κ2) is 5.48. The topological polar surface area (TPSA) is 28.1 Å². The Morgan fingerprint density at radius 1 is 1.00 bits per heavy atom. The van der Waals surface area contributed by atoms with Gasteiger partial charge in [-0.3, -0.25) is 0 Å². The van der Waals surface area contributed by atoms with E-state index in [1.54, 1.807) is 18.2 Å². The van der Waals surface area contributed by atoms with Gasteiger partial charge in [-0.25, -0.2) is 4.85 Å². The van der Waals surface area contributed by atoms with Gasteiger partial charge in [-0.2, -0.15) is 5.26 Å². The third-order valence-corrected chi connectivity index (χ3v) is 2.51. The van der Waals surface area contributed by atoms with Crippen LogP contribution in [0.5, 0.6) is 0 Å². The Bertz CT molecular complexity index is 653. The number of hydrogen-bond donors (Lipinski definition) is 0. The highest BCUT2D eigenvalue weighted by molar-refractivity contribution is 5.71. The first kappa shape index (κ1) is 11.6. The maximum atomic E-state index is 8.80. The fraction of sp³-hybridized carbons (Fsp3) is 0. The molecule has 0 saturated heterocycles. The van der Waals surface area contributed by atoms with Crippen molar-refractivity contribution in [1.82, 2.24) is 0 Å². The normalized spacial score (nSPS) is 9.89. The minimum Gasteiger partial charge on any atom is -0.238 e. The first-order valence-corrected chi connectivity index (χ1v) is 5.47. The van der Waals surface area contributed by atoms with Gasteiger partial charge < -0.3 is 0 Å². The smallest absolute Gasteiger partial charge is 0.187 e. The van der Waals surface area contributed by atoms with Crippen molar-refractivity contribution in [2.45, 2.75) is 0 Å². The van der Waals surface area contributed by atoms with Crippen LogP contribution in [0.2, 0.25) is 0 Å². The highest BCUT2D eigenvalue weighted by Gasteiger charge is 1.92. The first-order valence-electron chi connectivity index (χ1n) is 5.47. The Morgan fingerprint density at radius 2 is 1.72 bits per heavy atom. The molecule has 0 aliphatic rings. The van der Waals surface area contributed by atoms with Gasteiger partial charge >= 0.3 is 0 Å². The first-order chi connectivity index (χ1) is 8.81. The van der Waals surface area contributed by atoms with E-state index in [4.69, 9.17) is 11.8 Å². The molecule has 0 unspecified atom stereocenters. The molecule has 18 heavy (non-hydrogen) atoms. The molecule has 0 atom stereocenters. The molecule has 0 spiro atoms. The molecule has 0 aromatic heterocycles. The van der Waals surface area contributed by atoms with E-state index >= 15 is 0 Å². The molecule has 0 N–H and O–H groups in total. The van der Waals surface area contributed by atoms with Gasteiger partial charge in [-0.15, -0.1) is 0 Å². The molecular formula is C16H10N2.